The molecule has 0 bridgehead atoms. The van der Waals surface area contributed by atoms with Gasteiger partial charge < -0.3 is 14.0 Å². The molecule has 0 aromatic carbocycles. The van der Waals surface area contributed by atoms with Crippen molar-refractivity contribution in [2.45, 2.75) is 45.3 Å². The monoisotopic (exact) mass is 277 g/mol. The molecular formula is C14H20BNO4. The van der Waals surface area contributed by atoms with Crippen LogP contribution in [0.3, 0.4) is 0 Å². The summed E-state index contributed by atoms with van der Waals surface area (Å²) >= 11 is 0. The maximum atomic E-state index is 11.3. The Hall–Kier alpha value is -1.40. The quantitative estimate of drug-likeness (QED) is 0.611. The summed E-state index contributed by atoms with van der Waals surface area (Å²) in [6, 6.07) is 1.87. The number of carbonyl (C=O) groups excluding carboxylic acids is 1. The van der Waals surface area contributed by atoms with Gasteiger partial charge in [0.2, 0.25) is 0 Å². The first-order chi connectivity index (χ1) is 9.25. The summed E-state index contributed by atoms with van der Waals surface area (Å²) in [5, 5.41) is 0. The SMILES string of the molecule is COC(=O)Cc1cncc(B2OC(C)(C)C(C)(C)O2)c1. The van der Waals surface area contributed by atoms with E-state index < -0.39 is 18.3 Å². The minimum atomic E-state index is -0.468. The number of hydrogen-bond acceptors (Lipinski definition) is 5. The van der Waals surface area contributed by atoms with E-state index in [1.807, 2.05) is 33.8 Å². The van der Waals surface area contributed by atoms with E-state index in [4.69, 9.17) is 9.31 Å². The van der Waals surface area contributed by atoms with Gasteiger partial charge in [0, 0.05) is 17.9 Å². The van der Waals surface area contributed by atoms with Gasteiger partial charge in [-0.1, -0.05) is 6.07 Å². The van der Waals surface area contributed by atoms with Crippen LogP contribution in [0.15, 0.2) is 18.5 Å². The van der Waals surface area contributed by atoms with Gasteiger partial charge in [0.15, 0.2) is 0 Å². The van der Waals surface area contributed by atoms with Crippen molar-refractivity contribution < 1.29 is 18.8 Å². The second-order valence-corrected chi connectivity index (χ2v) is 5.97. The number of hydrogen-bond donors (Lipinski definition) is 0. The van der Waals surface area contributed by atoms with E-state index in [9.17, 15) is 4.79 Å². The van der Waals surface area contributed by atoms with Gasteiger partial charge in [-0.05, 0) is 33.3 Å². The van der Waals surface area contributed by atoms with Crippen LogP contribution in [-0.4, -0.2) is 36.4 Å². The van der Waals surface area contributed by atoms with Crippen molar-refractivity contribution in [3.05, 3.63) is 24.0 Å². The van der Waals surface area contributed by atoms with E-state index in [0.29, 0.717) is 0 Å². The van der Waals surface area contributed by atoms with Crippen LogP contribution in [0.25, 0.3) is 0 Å². The van der Waals surface area contributed by atoms with Crippen LogP contribution < -0.4 is 5.46 Å². The molecule has 0 aliphatic carbocycles. The third kappa shape index (κ3) is 2.86. The van der Waals surface area contributed by atoms with Gasteiger partial charge in [-0.15, -0.1) is 0 Å². The average Bonchev–Trinajstić information content (AvgIpc) is 2.59. The van der Waals surface area contributed by atoms with E-state index in [1.165, 1.54) is 7.11 Å². The number of nitrogens with zero attached hydrogens (tertiary/aromatic N) is 1. The lowest BCUT2D eigenvalue weighted by molar-refractivity contribution is -0.139. The highest BCUT2D eigenvalue weighted by atomic mass is 16.7. The van der Waals surface area contributed by atoms with Gasteiger partial charge >= 0.3 is 13.1 Å². The van der Waals surface area contributed by atoms with E-state index in [-0.39, 0.29) is 12.4 Å². The highest BCUT2D eigenvalue weighted by Gasteiger charge is 2.51. The van der Waals surface area contributed by atoms with Crippen LogP contribution in [0, 0.1) is 0 Å². The number of methoxy groups -OCH3 is 1. The second kappa shape index (κ2) is 5.18. The topological polar surface area (TPSA) is 57.7 Å². The molecule has 2 rings (SSSR count). The molecule has 108 valence electrons. The van der Waals surface area contributed by atoms with Crippen molar-refractivity contribution >= 4 is 18.6 Å². The van der Waals surface area contributed by atoms with Crippen LogP contribution >= 0.6 is 0 Å². The molecule has 0 saturated carbocycles. The van der Waals surface area contributed by atoms with Crippen LogP contribution in [-0.2, 0) is 25.3 Å². The Balaban J connectivity index is 2.19. The Morgan fingerprint density at radius 1 is 1.25 bits per heavy atom. The molecule has 0 radical (unpaired) electrons. The fourth-order valence-corrected chi connectivity index (χ4v) is 1.95. The lowest BCUT2D eigenvalue weighted by Gasteiger charge is -2.32. The van der Waals surface area contributed by atoms with Gasteiger partial charge in [-0.2, -0.15) is 0 Å². The average molecular weight is 277 g/mol. The number of pyridine rings is 1. The minimum Gasteiger partial charge on any atom is -0.469 e. The highest BCUT2D eigenvalue weighted by molar-refractivity contribution is 6.62. The fourth-order valence-electron chi connectivity index (χ4n) is 1.95. The lowest BCUT2D eigenvalue weighted by Crippen LogP contribution is -2.41. The normalized spacial score (nSPS) is 19.9. The predicted octanol–water partition coefficient (Wildman–Crippen LogP) is 1.10. The van der Waals surface area contributed by atoms with E-state index in [1.54, 1.807) is 12.4 Å². The third-order valence-corrected chi connectivity index (χ3v) is 3.92. The number of esters is 1. The Kier molecular flexibility index (Phi) is 3.89. The molecule has 1 aromatic rings. The van der Waals surface area contributed by atoms with Crippen molar-refractivity contribution in [2.24, 2.45) is 0 Å². The lowest BCUT2D eigenvalue weighted by atomic mass is 9.79. The molecule has 1 aliphatic rings. The molecule has 1 aromatic heterocycles. The third-order valence-electron chi connectivity index (χ3n) is 3.92. The number of carbonyl (C=O) groups is 1. The largest absolute Gasteiger partial charge is 0.496 e. The van der Waals surface area contributed by atoms with Gasteiger partial charge in [0.05, 0.1) is 24.7 Å². The molecular weight excluding hydrogens is 257 g/mol. The molecule has 20 heavy (non-hydrogen) atoms. The smallest absolute Gasteiger partial charge is 0.469 e. The zero-order valence-corrected chi connectivity index (χ0v) is 12.6. The first kappa shape index (κ1) is 15.0. The molecule has 1 aliphatic heterocycles. The van der Waals surface area contributed by atoms with Crippen molar-refractivity contribution in [1.29, 1.82) is 0 Å². The summed E-state index contributed by atoms with van der Waals surface area (Å²) in [5.74, 6) is -0.294. The van der Waals surface area contributed by atoms with E-state index in [2.05, 4.69) is 9.72 Å². The molecule has 0 amide bonds. The van der Waals surface area contributed by atoms with Gasteiger partial charge in [-0.3, -0.25) is 9.78 Å². The maximum absolute atomic E-state index is 11.3. The Bertz CT molecular complexity index is 500. The number of rotatable bonds is 3. The summed E-state index contributed by atoms with van der Waals surface area (Å²) < 4.78 is 16.6. The maximum Gasteiger partial charge on any atom is 0.496 e. The van der Waals surface area contributed by atoms with Crippen molar-refractivity contribution in [1.82, 2.24) is 4.98 Å². The van der Waals surface area contributed by atoms with Gasteiger partial charge in [0.25, 0.3) is 0 Å². The zero-order chi connectivity index (χ0) is 15.0. The summed E-state index contributed by atoms with van der Waals surface area (Å²) in [6.45, 7) is 7.99. The fraction of sp³-hybridized carbons (Fsp3) is 0.571. The van der Waals surface area contributed by atoms with Gasteiger partial charge in [0.1, 0.15) is 0 Å². The van der Waals surface area contributed by atoms with Crippen LogP contribution in [0.1, 0.15) is 33.3 Å². The van der Waals surface area contributed by atoms with E-state index in [0.717, 1.165) is 11.0 Å². The molecule has 6 heteroatoms. The summed E-state index contributed by atoms with van der Waals surface area (Å²) in [4.78, 5) is 15.5. The number of ether oxygens (including phenoxy) is 1. The van der Waals surface area contributed by atoms with Crippen molar-refractivity contribution in [3.63, 3.8) is 0 Å². The summed E-state index contributed by atoms with van der Waals surface area (Å²) in [5.41, 5.74) is 0.806. The Labute approximate surface area is 119 Å². The molecule has 1 saturated heterocycles. The first-order valence-corrected chi connectivity index (χ1v) is 6.61. The Morgan fingerprint density at radius 3 is 2.40 bits per heavy atom. The molecule has 0 unspecified atom stereocenters. The zero-order valence-electron chi connectivity index (χ0n) is 12.6. The Morgan fingerprint density at radius 2 is 1.85 bits per heavy atom. The highest BCUT2D eigenvalue weighted by Crippen LogP contribution is 2.36. The molecule has 0 N–H and O–H groups in total. The molecule has 0 atom stereocenters. The van der Waals surface area contributed by atoms with Crippen LogP contribution in [0.4, 0.5) is 0 Å². The predicted molar refractivity (Wildman–Crippen MR) is 75.7 cm³/mol. The van der Waals surface area contributed by atoms with E-state index >= 15 is 0 Å². The van der Waals surface area contributed by atoms with Crippen LogP contribution in [0.2, 0.25) is 0 Å². The van der Waals surface area contributed by atoms with Gasteiger partial charge in [-0.25, -0.2) is 0 Å². The minimum absolute atomic E-state index is 0.191. The summed E-state index contributed by atoms with van der Waals surface area (Å²) in [6.07, 6.45) is 3.53. The molecule has 2 heterocycles. The van der Waals surface area contributed by atoms with Crippen molar-refractivity contribution in [3.8, 4) is 0 Å². The van der Waals surface area contributed by atoms with Crippen LogP contribution in [0.5, 0.6) is 0 Å². The standard InChI is InChI=1S/C14H20BNO4/c1-13(2)14(3,4)20-15(19-13)11-6-10(8-16-9-11)7-12(17)18-5/h6,8-9H,7H2,1-5H3. The van der Waals surface area contributed by atoms with Crippen molar-refractivity contribution in [2.75, 3.05) is 7.11 Å². The second-order valence-electron chi connectivity index (χ2n) is 5.97. The molecule has 0 spiro atoms. The number of aromatic nitrogens is 1. The molecule has 1 fully saturated rings. The first-order valence-electron chi connectivity index (χ1n) is 6.61. The molecule has 5 nitrogen and oxygen atoms in total. The summed E-state index contributed by atoms with van der Waals surface area (Å²) in [7, 11) is 0.901.